The molecule has 7 heteroatoms. The summed E-state index contributed by atoms with van der Waals surface area (Å²) in [6.45, 7) is 0. The molecule has 9 heavy (non-hydrogen) atoms. The van der Waals surface area contributed by atoms with E-state index in [-0.39, 0.29) is 0 Å². The summed E-state index contributed by atoms with van der Waals surface area (Å²) in [7, 11) is 1.62. The van der Waals surface area contributed by atoms with E-state index in [4.69, 9.17) is 5.84 Å². The average molecular weight is 146 g/mol. The van der Waals surface area contributed by atoms with Gasteiger partial charge in [0.1, 0.15) is 0 Å². The van der Waals surface area contributed by atoms with Crippen LogP contribution in [-0.4, -0.2) is 26.7 Å². The first-order valence-electron chi connectivity index (χ1n) is 2.18. The number of hydrazine groups is 1. The third kappa shape index (κ3) is 1.11. The van der Waals surface area contributed by atoms with E-state index in [1.54, 1.807) is 7.05 Å². The Balaban J connectivity index is 2.94. The van der Waals surface area contributed by atoms with Crippen LogP contribution in [-0.2, 0) is 0 Å². The molecule has 0 aromatic carbocycles. The number of hydrogen-bond acceptors (Lipinski definition) is 6. The zero-order valence-corrected chi connectivity index (χ0v) is 5.66. The fraction of sp³-hybridized carbons (Fsp3) is 0.500. The summed E-state index contributed by atoms with van der Waals surface area (Å²) in [5, 5.41) is 11.6. The molecule has 1 heterocycles. The van der Waals surface area contributed by atoms with E-state index in [9.17, 15) is 0 Å². The molecule has 0 aliphatic rings. The average Bonchev–Trinajstić information content (AvgIpc) is 2.13. The second-order valence-electron chi connectivity index (χ2n) is 1.48. The molecular weight excluding hydrogens is 140 g/mol. The van der Waals surface area contributed by atoms with Crippen LogP contribution in [0.25, 0.3) is 0 Å². The van der Waals surface area contributed by atoms with Crippen molar-refractivity contribution in [2.45, 2.75) is 0 Å². The van der Waals surface area contributed by atoms with Crippen LogP contribution >= 0.6 is 12.8 Å². The molecule has 1 rings (SSSR count). The quantitative estimate of drug-likeness (QED) is 0.292. The van der Waals surface area contributed by atoms with E-state index in [2.05, 4.69) is 28.3 Å². The number of hydrogen-bond donors (Lipinski definition) is 2. The van der Waals surface area contributed by atoms with E-state index in [1.807, 2.05) is 0 Å². The van der Waals surface area contributed by atoms with Crippen LogP contribution in [0.4, 0.5) is 5.95 Å². The Bertz CT molecular complexity index is 193. The minimum absolute atomic E-state index is 0.401. The fourth-order valence-electron chi connectivity index (χ4n) is 0.390. The van der Waals surface area contributed by atoms with Crippen LogP contribution in [0.1, 0.15) is 0 Å². The van der Waals surface area contributed by atoms with Gasteiger partial charge in [-0.3, -0.25) is 5.01 Å². The molecule has 0 atom stereocenters. The van der Waals surface area contributed by atoms with E-state index >= 15 is 0 Å². The van der Waals surface area contributed by atoms with Crippen LogP contribution in [0.15, 0.2) is 0 Å². The fourth-order valence-corrected chi connectivity index (χ4v) is 0.606. The second kappa shape index (κ2) is 2.19. The van der Waals surface area contributed by atoms with Crippen molar-refractivity contribution >= 4 is 18.8 Å². The number of aromatic nitrogens is 4. The topological polar surface area (TPSA) is 72.9 Å². The number of rotatable bonds is 1. The predicted octanol–water partition coefficient (Wildman–Crippen LogP) is -1.32. The Hall–Kier alpha value is -0.820. The molecule has 0 aliphatic carbocycles. The Morgan fingerprint density at radius 2 is 2.44 bits per heavy atom. The van der Waals surface area contributed by atoms with Crippen LogP contribution in [0, 0.1) is 0 Å². The molecule has 0 unspecified atom stereocenters. The van der Waals surface area contributed by atoms with Gasteiger partial charge in [-0.1, -0.05) is 5.10 Å². The molecular formula is C2H6N6S. The molecule has 1 aromatic rings. The first-order chi connectivity index (χ1) is 4.22. The minimum Gasteiger partial charge on any atom is -0.280 e. The SMILES string of the molecule is CN(N)c1nnnn1S. The molecule has 0 spiro atoms. The predicted molar refractivity (Wildman–Crippen MR) is 34.8 cm³/mol. The Kier molecular flexibility index (Phi) is 1.54. The Labute approximate surface area is 57.1 Å². The third-order valence-corrected chi connectivity index (χ3v) is 1.01. The van der Waals surface area contributed by atoms with Gasteiger partial charge in [0.2, 0.25) is 0 Å². The molecule has 0 saturated carbocycles. The third-order valence-electron chi connectivity index (χ3n) is 0.753. The van der Waals surface area contributed by atoms with Crippen molar-refractivity contribution in [1.29, 1.82) is 0 Å². The molecule has 0 aliphatic heterocycles. The molecule has 50 valence electrons. The van der Waals surface area contributed by atoms with Gasteiger partial charge in [0.05, 0.1) is 0 Å². The molecule has 1 aromatic heterocycles. The van der Waals surface area contributed by atoms with Gasteiger partial charge in [0.25, 0.3) is 5.95 Å². The van der Waals surface area contributed by atoms with Crippen LogP contribution in [0.3, 0.4) is 0 Å². The zero-order chi connectivity index (χ0) is 6.85. The highest BCUT2D eigenvalue weighted by Gasteiger charge is 2.02. The molecule has 0 amide bonds. The number of anilines is 1. The second-order valence-corrected chi connectivity index (χ2v) is 1.86. The van der Waals surface area contributed by atoms with Crippen molar-refractivity contribution in [2.24, 2.45) is 5.84 Å². The molecule has 6 nitrogen and oxygen atoms in total. The highest BCUT2D eigenvalue weighted by atomic mass is 32.1. The Morgan fingerprint density at radius 3 is 2.67 bits per heavy atom. The molecule has 0 radical (unpaired) electrons. The summed E-state index contributed by atoms with van der Waals surface area (Å²) < 4.78 is 1.18. The highest BCUT2D eigenvalue weighted by Crippen LogP contribution is 2.00. The lowest BCUT2D eigenvalue weighted by atomic mass is 11.0. The van der Waals surface area contributed by atoms with E-state index in [0.717, 1.165) is 0 Å². The first-order valence-corrected chi connectivity index (χ1v) is 2.58. The minimum atomic E-state index is 0.401. The molecule has 0 fully saturated rings. The summed E-state index contributed by atoms with van der Waals surface area (Å²) in [6.07, 6.45) is 0. The highest BCUT2D eigenvalue weighted by molar-refractivity contribution is 7.78. The van der Waals surface area contributed by atoms with Crippen molar-refractivity contribution in [3.05, 3.63) is 0 Å². The maximum atomic E-state index is 5.28. The van der Waals surface area contributed by atoms with Gasteiger partial charge in [-0.25, -0.2) is 5.84 Å². The lowest BCUT2D eigenvalue weighted by Crippen LogP contribution is -2.27. The summed E-state index contributed by atoms with van der Waals surface area (Å²) >= 11 is 3.85. The zero-order valence-electron chi connectivity index (χ0n) is 4.76. The van der Waals surface area contributed by atoms with Gasteiger partial charge in [-0.15, -0.1) is 0 Å². The lowest BCUT2D eigenvalue weighted by molar-refractivity contribution is 0.854. The maximum Gasteiger partial charge on any atom is 0.269 e. The van der Waals surface area contributed by atoms with Crippen molar-refractivity contribution in [3.8, 4) is 0 Å². The van der Waals surface area contributed by atoms with Crippen molar-refractivity contribution in [2.75, 3.05) is 12.1 Å². The smallest absolute Gasteiger partial charge is 0.269 e. The van der Waals surface area contributed by atoms with Crippen molar-refractivity contribution < 1.29 is 0 Å². The van der Waals surface area contributed by atoms with E-state index < -0.39 is 0 Å². The van der Waals surface area contributed by atoms with Crippen molar-refractivity contribution in [3.63, 3.8) is 0 Å². The van der Waals surface area contributed by atoms with E-state index in [0.29, 0.717) is 5.95 Å². The monoisotopic (exact) mass is 146 g/mol. The number of thiol groups is 1. The largest absolute Gasteiger partial charge is 0.280 e. The van der Waals surface area contributed by atoms with Gasteiger partial charge >= 0.3 is 0 Å². The normalized spacial score (nSPS) is 9.67. The molecule has 0 saturated heterocycles. The number of nitrogens with zero attached hydrogens (tertiary/aromatic N) is 5. The molecule has 0 bridgehead atoms. The molecule has 2 N–H and O–H groups in total. The van der Waals surface area contributed by atoms with Gasteiger partial charge in [0.15, 0.2) is 0 Å². The van der Waals surface area contributed by atoms with Crippen LogP contribution < -0.4 is 10.9 Å². The van der Waals surface area contributed by atoms with Gasteiger partial charge in [-0.05, 0) is 23.2 Å². The van der Waals surface area contributed by atoms with Crippen molar-refractivity contribution in [1.82, 2.24) is 19.6 Å². The maximum absolute atomic E-state index is 5.28. The van der Waals surface area contributed by atoms with Crippen LogP contribution in [0.2, 0.25) is 0 Å². The summed E-state index contributed by atoms with van der Waals surface area (Å²) in [5.41, 5.74) is 0. The summed E-state index contributed by atoms with van der Waals surface area (Å²) in [5.74, 6) is 5.68. The number of tetrazole rings is 1. The van der Waals surface area contributed by atoms with Gasteiger partial charge in [-0.2, -0.15) is 4.09 Å². The first kappa shape index (κ1) is 6.30. The van der Waals surface area contributed by atoms with E-state index in [1.165, 1.54) is 9.10 Å². The summed E-state index contributed by atoms with van der Waals surface area (Å²) in [6, 6.07) is 0. The van der Waals surface area contributed by atoms with Crippen LogP contribution in [0.5, 0.6) is 0 Å². The Morgan fingerprint density at radius 1 is 1.78 bits per heavy atom. The van der Waals surface area contributed by atoms with Gasteiger partial charge in [0, 0.05) is 7.05 Å². The van der Waals surface area contributed by atoms with Gasteiger partial charge < -0.3 is 0 Å². The summed E-state index contributed by atoms with van der Waals surface area (Å²) in [4.78, 5) is 0. The lowest BCUT2D eigenvalue weighted by Gasteiger charge is -2.05. The standard InChI is InChI=1S/C2H6N6S/c1-7(3)2-4-5-6-8(2)9/h9H,3H2,1H3. The number of nitrogens with two attached hydrogens (primary N) is 1.